The number of methoxy groups -OCH3 is 1. The van der Waals surface area contributed by atoms with Gasteiger partial charge in [-0.15, -0.1) is 0 Å². The van der Waals surface area contributed by atoms with Crippen LogP contribution in [0.5, 0.6) is 0 Å². The molecule has 1 fully saturated rings. The highest BCUT2D eigenvalue weighted by Crippen LogP contribution is 2.44. The van der Waals surface area contributed by atoms with Crippen LogP contribution in [0.15, 0.2) is 48.5 Å². The molecule has 3 atom stereocenters. The second-order valence-electron chi connectivity index (χ2n) is 9.82. The number of hydrogen-bond acceptors (Lipinski definition) is 6. The number of carbonyl (C=O) groups excluding carboxylic acids is 4. The largest absolute Gasteiger partial charge is 0.467 e. The van der Waals surface area contributed by atoms with Gasteiger partial charge in [-0.1, -0.05) is 61.9 Å². The summed E-state index contributed by atoms with van der Waals surface area (Å²) < 4.78 is 10.6. The maximum absolute atomic E-state index is 13.3. The molecule has 0 aromatic heterocycles. The monoisotopic (exact) mass is 521 g/mol. The van der Waals surface area contributed by atoms with Crippen molar-refractivity contribution in [3.63, 3.8) is 0 Å². The number of likely N-dealkylation sites (N-methyl/N-ethyl adjacent to an activating group) is 1. The van der Waals surface area contributed by atoms with Gasteiger partial charge in [0.2, 0.25) is 11.8 Å². The van der Waals surface area contributed by atoms with Crippen LogP contribution >= 0.6 is 0 Å². The summed E-state index contributed by atoms with van der Waals surface area (Å²) >= 11 is 0. The van der Waals surface area contributed by atoms with E-state index in [1.165, 1.54) is 19.1 Å². The Morgan fingerprint density at radius 1 is 1.08 bits per heavy atom. The van der Waals surface area contributed by atoms with Gasteiger partial charge in [0, 0.05) is 25.4 Å². The van der Waals surface area contributed by atoms with Crippen LogP contribution in [0.1, 0.15) is 49.7 Å². The normalized spacial score (nSPS) is 17.6. The Morgan fingerprint density at radius 2 is 1.71 bits per heavy atom. The SMILES string of the molecule is CCC[C@@H](C(=O)N[C@@H](C[C@@H]1CCNC1=O)C(=O)OC)N(C)C(=O)OCC1c2ccccc2-c2ccccc21. The van der Waals surface area contributed by atoms with Crippen molar-refractivity contribution in [1.29, 1.82) is 0 Å². The predicted molar refractivity (Wildman–Crippen MR) is 141 cm³/mol. The second-order valence-corrected chi connectivity index (χ2v) is 9.82. The molecular formula is C29H35N3O6. The molecule has 9 nitrogen and oxygen atoms in total. The van der Waals surface area contributed by atoms with Gasteiger partial charge in [-0.3, -0.25) is 14.5 Å². The smallest absolute Gasteiger partial charge is 0.410 e. The van der Waals surface area contributed by atoms with Crippen LogP contribution in [0, 0.1) is 5.92 Å². The molecule has 2 aliphatic rings. The van der Waals surface area contributed by atoms with Crippen molar-refractivity contribution in [3.05, 3.63) is 59.7 Å². The summed E-state index contributed by atoms with van der Waals surface area (Å²) in [6, 6.07) is 14.3. The van der Waals surface area contributed by atoms with Crippen LogP contribution < -0.4 is 10.6 Å². The van der Waals surface area contributed by atoms with Crippen LogP contribution in [-0.4, -0.2) is 68.2 Å². The molecule has 202 valence electrons. The highest BCUT2D eigenvalue weighted by Gasteiger charge is 2.36. The Hall–Kier alpha value is -3.88. The average Bonchev–Trinajstić information content (AvgIpc) is 3.49. The highest BCUT2D eigenvalue weighted by molar-refractivity contribution is 5.90. The van der Waals surface area contributed by atoms with Crippen LogP contribution in [0.25, 0.3) is 11.1 Å². The first kappa shape index (κ1) is 27.2. The number of rotatable bonds is 10. The van der Waals surface area contributed by atoms with Crippen LogP contribution in [0.2, 0.25) is 0 Å². The Labute approximate surface area is 222 Å². The molecule has 1 heterocycles. The lowest BCUT2D eigenvalue weighted by molar-refractivity contribution is -0.146. The van der Waals surface area contributed by atoms with Crippen LogP contribution in [0.3, 0.4) is 0 Å². The number of hydrogen-bond donors (Lipinski definition) is 2. The van der Waals surface area contributed by atoms with Gasteiger partial charge in [0.25, 0.3) is 0 Å². The molecule has 1 aliphatic carbocycles. The Bertz CT molecular complexity index is 1150. The van der Waals surface area contributed by atoms with E-state index < -0.39 is 30.1 Å². The summed E-state index contributed by atoms with van der Waals surface area (Å²) in [7, 11) is 2.76. The maximum Gasteiger partial charge on any atom is 0.410 e. The molecule has 38 heavy (non-hydrogen) atoms. The standard InChI is InChI=1S/C29H35N3O6/c1-4-9-25(27(34)31-24(28(35)37-3)16-18-14-15-30-26(18)33)32(2)29(36)38-17-23-21-12-7-5-10-19(21)20-11-6-8-13-22(20)23/h5-8,10-13,18,23-25H,4,9,14-17H2,1-3H3,(H,30,33)(H,31,34)/t18-,24-,25-/m0/s1. The molecule has 2 aromatic rings. The van der Waals surface area contributed by atoms with Crippen molar-refractivity contribution >= 4 is 23.9 Å². The molecule has 1 saturated heterocycles. The van der Waals surface area contributed by atoms with E-state index in [-0.39, 0.29) is 30.8 Å². The van der Waals surface area contributed by atoms with Gasteiger partial charge >= 0.3 is 12.1 Å². The van der Waals surface area contributed by atoms with Crippen molar-refractivity contribution in [2.24, 2.45) is 5.92 Å². The highest BCUT2D eigenvalue weighted by atomic mass is 16.6. The topological polar surface area (TPSA) is 114 Å². The zero-order chi connectivity index (χ0) is 27.2. The minimum atomic E-state index is -0.989. The predicted octanol–water partition coefficient (Wildman–Crippen LogP) is 3.22. The minimum absolute atomic E-state index is 0.0977. The van der Waals surface area contributed by atoms with E-state index in [4.69, 9.17) is 9.47 Å². The summed E-state index contributed by atoms with van der Waals surface area (Å²) in [5.41, 5.74) is 4.46. The number of esters is 1. The third-order valence-corrected chi connectivity index (χ3v) is 7.44. The van der Waals surface area contributed by atoms with E-state index in [1.54, 1.807) is 0 Å². The van der Waals surface area contributed by atoms with Crippen molar-refractivity contribution in [2.75, 3.05) is 27.3 Å². The second kappa shape index (κ2) is 12.1. The number of carbonyl (C=O) groups is 4. The lowest BCUT2D eigenvalue weighted by Crippen LogP contribution is -2.53. The fourth-order valence-corrected chi connectivity index (χ4v) is 5.38. The molecule has 2 N–H and O–H groups in total. The maximum atomic E-state index is 13.3. The number of ether oxygens (including phenoxy) is 2. The van der Waals surface area contributed by atoms with Crippen molar-refractivity contribution in [3.8, 4) is 11.1 Å². The number of nitrogens with zero attached hydrogens (tertiary/aromatic N) is 1. The van der Waals surface area contributed by atoms with Gasteiger partial charge in [0.05, 0.1) is 7.11 Å². The zero-order valence-electron chi connectivity index (χ0n) is 22.1. The molecule has 0 saturated carbocycles. The van der Waals surface area contributed by atoms with Crippen LogP contribution in [0.4, 0.5) is 4.79 Å². The zero-order valence-corrected chi connectivity index (χ0v) is 22.1. The molecule has 1 aliphatic heterocycles. The van der Waals surface area contributed by atoms with E-state index in [1.807, 2.05) is 43.3 Å². The molecule has 0 spiro atoms. The number of nitrogens with one attached hydrogen (secondary N) is 2. The lowest BCUT2D eigenvalue weighted by Gasteiger charge is -2.29. The third kappa shape index (κ3) is 5.66. The first-order chi connectivity index (χ1) is 18.3. The molecule has 3 amide bonds. The lowest BCUT2D eigenvalue weighted by atomic mass is 9.97. The fraction of sp³-hybridized carbons (Fsp3) is 0.448. The summed E-state index contributed by atoms with van der Waals surface area (Å²) in [6.07, 6.45) is 1.11. The summed E-state index contributed by atoms with van der Waals surface area (Å²) in [5, 5.41) is 5.45. The number of fused-ring (bicyclic) bond motifs is 3. The minimum Gasteiger partial charge on any atom is -0.467 e. The van der Waals surface area contributed by atoms with Gasteiger partial charge in [0.1, 0.15) is 18.7 Å². The van der Waals surface area contributed by atoms with Crippen molar-refractivity contribution in [1.82, 2.24) is 15.5 Å². The molecular weight excluding hydrogens is 486 g/mol. The van der Waals surface area contributed by atoms with E-state index in [0.29, 0.717) is 25.8 Å². The quantitative estimate of drug-likeness (QED) is 0.464. The molecule has 0 unspecified atom stereocenters. The third-order valence-electron chi connectivity index (χ3n) is 7.44. The van der Waals surface area contributed by atoms with E-state index >= 15 is 0 Å². The van der Waals surface area contributed by atoms with Gasteiger partial charge < -0.3 is 20.1 Å². The van der Waals surface area contributed by atoms with E-state index in [2.05, 4.69) is 22.8 Å². The van der Waals surface area contributed by atoms with Gasteiger partial charge in [0.15, 0.2) is 0 Å². The fourth-order valence-electron chi connectivity index (χ4n) is 5.38. The molecule has 4 rings (SSSR count). The summed E-state index contributed by atoms with van der Waals surface area (Å²) in [6.45, 7) is 2.58. The Morgan fingerprint density at radius 3 is 2.26 bits per heavy atom. The van der Waals surface area contributed by atoms with E-state index in [9.17, 15) is 19.2 Å². The van der Waals surface area contributed by atoms with Gasteiger partial charge in [-0.25, -0.2) is 9.59 Å². The number of benzene rings is 2. The summed E-state index contributed by atoms with van der Waals surface area (Å²) in [5.74, 6) is -1.74. The van der Waals surface area contributed by atoms with E-state index in [0.717, 1.165) is 22.3 Å². The summed E-state index contributed by atoms with van der Waals surface area (Å²) in [4.78, 5) is 52.1. The molecule has 9 heteroatoms. The first-order valence-electron chi connectivity index (χ1n) is 13.1. The Kier molecular flexibility index (Phi) is 8.66. The van der Waals surface area contributed by atoms with Gasteiger partial charge in [-0.2, -0.15) is 0 Å². The number of amides is 3. The van der Waals surface area contributed by atoms with Crippen molar-refractivity contribution in [2.45, 2.75) is 50.6 Å². The molecule has 0 radical (unpaired) electrons. The van der Waals surface area contributed by atoms with Crippen molar-refractivity contribution < 1.29 is 28.7 Å². The van der Waals surface area contributed by atoms with Gasteiger partial charge in [-0.05, 0) is 41.5 Å². The Balaban J connectivity index is 1.43. The molecule has 2 aromatic carbocycles. The first-order valence-corrected chi connectivity index (χ1v) is 13.1. The van der Waals surface area contributed by atoms with Crippen LogP contribution in [-0.2, 0) is 23.9 Å². The average molecular weight is 522 g/mol. The molecule has 0 bridgehead atoms.